The molecule has 10 heteroatoms. The van der Waals surface area contributed by atoms with Crippen molar-refractivity contribution in [2.45, 2.75) is 18.0 Å². The van der Waals surface area contributed by atoms with Gasteiger partial charge in [-0.1, -0.05) is 42.5 Å². The predicted molar refractivity (Wildman–Crippen MR) is 91.6 cm³/mol. The molecule has 1 atom stereocenters. The molecule has 0 unspecified atom stereocenters. The number of carbonyl (C=O) groups is 1. The first-order valence-electron chi connectivity index (χ1n) is 8.30. The smallest absolute Gasteiger partial charge is 0.416 e. The van der Waals surface area contributed by atoms with Gasteiger partial charge in [0.05, 0.1) is 6.93 Å². The summed E-state index contributed by atoms with van der Waals surface area (Å²) in [6, 6.07) is 11.1. The molecule has 28 heavy (non-hydrogen) atoms. The van der Waals surface area contributed by atoms with E-state index in [9.17, 15) is 26.4 Å². The first-order chi connectivity index (χ1) is 13.4. The zero-order valence-electron chi connectivity index (χ0n) is 15.1. The van der Waals surface area contributed by atoms with E-state index in [4.69, 9.17) is 16.0 Å². The molecule has 0 aromatic heterocycles. The van der Waals surface area contributed by atoms with Crippen molar-refractivity contribution in [2.75, 3.05) is 0 Å². The lowest BCUT2D eigenvalue weighted by Crippen LogP contribution is -2.16. The van der Waals surface area contributed by atoms with Gasteiger partial charge in [-0.25, -0.2) is 0 Å². The molecule has 6 nitrogen and oxygen atoms in total. The predicted octanol–water partition coefficient (Wildman–Crippen LogP) is 3.02. The number of hydrogen-bond donors (Lipinski definition) is 1. The second-order valence-corrected chi connectivity index (χ2v) is 7.37. The van der Waals surface area contributed by atoms with E-state index < -0.39 is 51.1 Å². The van der Waals surface area contributed by atoms with Crippen LogP contribution in [0.1, 0.15) is 24.1 Å². The summed E-state index contributed by atoms with van der Waals surface area (Å²) in [6.45, 7) is 0. The molecule has 0 saturated heterocycles. The largest absolute Gasteiger partial charge is 0.460 e. The second kappa shape index (κ2) is 7.19. The second-order valence-electron chi connectivity index (χ2n) is 5.80. The molecule has 1 heterocycles. The Hall–Kier alpha value is -3.01. The highest BCUT2D eigenvalue weighted by molar-refractivity contribution is 7.86. The van der Waals surface area contributed by atoms with Gasteiger partial charge in [-0.15, -0.1) is 0 Å². The van der Waals surface area contributed by atoms with Gasteiger partial charge >= 0.3 is 16.3 Å². The van der Waals surface area contributed by atoms with Gasteiger partial charge in [0.2, 0.25) is 17.4 Å². The van der Waals surface area contributed by atoms with Crippen LogP contribution in [0.4, 0.5) is 13.2 Å². The van der Waals surface area contributed by atoms with Gasteiger partial charge < -0.3 is 14.7 Å². The summed E-state index contributed by atoms with van der Waals surface area (Å²) < 4.78 is 80.5. The fourth-order valence-electron chi connectivity index (χ4n) is 2.43. The molecule has 0 radical (unpaired) electrons. The van der Waals surface area contributed by atoms with Gasteiger partial charge in [-0.05, 0) is 17.7 Å². The monoisotopic (exact) mass is 414 g/mol. The Balaban J connectivity index is 1.83. The molecular formula is C18H14F3NO5S. The SMILES string of the molecule is [2H][C@]1(c2ccc(C(F)(F)F)cc2)OC(N)=C(OS(=O)(=O)Cc2ccccc2)C1=O. The Kier molecular flexibility index (Phi) is 4.71. The van der Waals surface area contributed by atoms with Crippen molar-refractivity contribution in [3.63, 3.8) is 0 Å². The molecule has 2 aromatic carbocycles. The molecule has 0 aliphatic carbocycles. The summed E-state index contributed by atoms with van der Waals surface area (Å²) in [5.41, 5.74) is 4.66. The summed E-state index contributed by atoms with van der Waals surface area (Å²) in [5.74, 6) is -3.45. The Labute approximate surface area is 159 Å². The van der Waals surface area contributed by atoms with E-state index in [-0.39, 0.29) is 5.56 Å². The van der Waals surface area contributed by atoms with Crippen molar-refractivity contribution < 1.29 is 36.7 Å². The lowest BCUT2D eigenvalue weighted by Gasteiger charge is -2.12. The zero-order chi connectivity index (χ0) is 21.4. The number of ether oxygens (including phenoxy) is 1. The van der Waals surface area contributed by atoms with E-state index in [1.54, 1.807) is 18.2 Å². The maximum absolute atomic E-state index is 12.7. The van der Waals surface area contributed by atoms with E-state index in [2.05, 4.69) is 0 Å². The zero-order valence-corrected chi connectivity index (χ0v) is 14.9. The van der Waals surface area contributed by atoms with Crippen LogP contribution in [0.3, 0.4) is 0 Å². The molecule has 0 bridgehead atoms. The summed E-state index contributed by atoms with van der Waals surface area (Å²) in [5, 5.41) is 0. The van der Waals surface area contributed by atoms with Gasteiger partial charge in [0.1, 0.15) is 5.75 Å². The maximum atomic E-state index is 12.7. The Morgan fingerprint density at radius 2 is 1.71 bits per heavy atom. The Bertz CT molecular complexity index is 1070. The Morgan fingerprint density at radius 3 is 2.29 bits per heavy atom. The van der Waals surface area contributed by atoms with Crippen molar-refractivity contribution in [3.05, 3.63) is 82.9 Å². The third-order valence-electron chi connectivity index (χ3n) is 3.72. The van der Waals surface area contributed by atoms with E-state index >= 15 is 0 Å². The average Bonchev–Trinajstić information content (AvgIpc) is 2.85. The van der Waals surface area contributed by atoms with Gasteiger partial charge in [0.25, 0.3) is 0 Å². The average molecular weight is 414 g/mol. The summed E-state index contributed by atoms with van der Waals surface area (Å²) in [6.07, 6.45) is -7.17. The molecule has 3 rings (SSSR count). The quantitative estimate of drug-likeness (QED) is 0.756. The van der Waals surface area contributed by atoms with E-state index in [1.807, 2.05) is 0 Å². The molecule has 0 saturated carbocycles. The Morgan fingerprint density at radius 1 is 1.11 bits per heavy atom. The molecule has 1 aliphatic heterocycles. The van der Waals surface area contributed by atoms with Crippen molar-refractivity contribution in [2.24, 2.45) is 5.73 Å². The number of benzene rings is 2. The fourth-order valence-corrected chi connectivity index (χ4v) is 3.50. The van der Waals surface area contributed by atoms with Crippen LogP contribution in [0.2, 0.25) is 0 Å². The normalized spacial score (nSPS) is 20.7. The number of Topliss-reactive ketones (excluding diaryl/α,β-unsaturated/α-hetero) is 1. The fraction of sp³-hybridized carbons (Fsp3) is 0.167. The highest BCUT2D eigenvalue weighted by Crippen LogP contribution is 2.35. The van der Waals surface area contributed by atoms with Crippen molar-refractivity contribution in [1.29, 1.82) is 0 Å². The van der Waals surface area contributed by atoms with Crippen LogP contribution in [0.5, 0.6) is 0 Å². The molecule has 2 aromatic rings. The van der Waals surface area contributed by atoms with Gasteiger partial charge in [-0.3, -0.25) is 4.79 Å². The third kappa shape index (κ3) is 4.28. The minimum atomic E-state index is -4.61. The molecule has 148 valence electrons. The molecule has 0 amide bonds. The van der Waals surface area contributed by atoms with Crippen molar-refractivity contribution in [1.82, 2.24) is 0 Å². The highest BCUT2D eigenvalue weighted by Gasteiger charge is 2.40. The van der Waals surface area contributed by atoms with Crippen molar-refractivity contribution in [3.8, 4) is 0 Å². The molecule has 2 N–H and O–H groups in total. The van der Waals surface area contributed by atoms with Crippen LogP contribution in [-0.4, -0.2) is 14.2 Å². The van der Waals surface area contributed by atoms with Crippen LogP contribution in [0.15, 0.2) is 66.2 Å². The highest BCUT2D eigenvalue weighted by atomic mass is 32.2. The molecule has 0 spiro atoms. The summed E-state index contributed by atoms with van der Waals surface area (Å²) in [7, 11) is -4.31. The lowest BCUT2D eigenvalue weighted by atomic mass is 10.0. The number of hydrogen-bond acceptors (Lipinski definition) is 6. The standard InChI is InChI=1S/C18H14F3NO5S/c19-18(20,21)13-8-6-12(7-9-13)15-14(23)16(17(22)26-15)27-28(24,25)10-11-4-2-1-3-5-11/h1-9,15H,10,22H2/t15-/m1/s1/i15D. The van der Waals surface area contributed by atoms with Gasteiger partial charge in [-0.2, -0.15) is 21.6 Å². The van der Waals surface area contributed by atoms with Crippen LogP contribution in [-0.2, 0) is 35.8 Å². The van der Waals surface area contributed by atoms with Gasteiger partial charge in [0.15, 0.2) is 6.08 Å². The molecular weight excluding hydrogens is 399 g/mol. The van der Waals surface area contributed by atoms with E-state index in [0.717, 1.165) is 12.1 Å². The first-order valence-corrected chi connectivity index (χ1v) is 9.37. The van der Waals surface area contributed by atoms with Crippen LogP contribution in [0, 0.1) is 0 Å². The third-order valence-corrected chi connectivity index (χ3v) is 4.83. The minimum absolute atomic E-state index is 0.266. The topological polar surface area (TPSA) is 95.7 Å². The number of carbonyl (C=O) groups excluding carboxylic acids is 1. The molecule has 1 aliphatic rings. The number of nitrogens with two attached hydrogens (primary N) is 1. The van der Waals surface area contributed by atoms with Crippen LogP contribution >= 0.6 is 0 Å². The lowest BCUT2D eigenvalue weighted by molar-refractivity contribution is -0.137. The van der Waals surface area contributed by atoms with Crippen molar-refractivity contribution >= 4 is 15.9 Å². The first kappa shape index (κ1) is 18.4. The summed E-state index contributed by atoms with van der Waals surface area (Å²) in [4.78, 5) is 12.6. The van der Waals surface area contributed by atoms with E-state index in [1.165, 1.54) is 12.1 Å². The molecule has 0 fully saturated rings. The van der Waals surface area contributed by atoms with E-state index in [0.29, 0.717) is 17.7 Å². The summed E-state index contributed by atoms with van der Waals surface area (Å²) >= 11 is 0. The number of rotatable bonds is 5. The number of ketones is 1. The van der Waals surface area contributed by atoms with Gasteiger partial charge in [0, 0.05) is 5.56 Å². The minimum Gasteiger partial charge on any atom is -0.460 e. The maximum Gasteiger partial charge on any atom is 0.416 e. The van der Waals surface area contributed by atoms with Crippen LogP contribution in [0.25, 0.3) is 0 Å². The number of halogens is 3. The number of alkyl halides is 3. The van der Waals surface area contributed by atoms with Crippen LogP contribution < -0.4 is 5.73 Å².